The van der Waals surface area contributed by atoms with Gasteiger partial charge in [0.2, 0.25) is 0 Å². The quantitative estimate of drug-likeness (QED) is 0.120. The maximum absolute atomic E-state index is 5.01. The van der Waals surface area contributed by atoms with Gasteiger partial charge in [-0.25, -0.2) is 4.98 Å². The van der Waals surface area contributed by atoms with Crippen LogP contribution in [0.3, 0.4) is 0 Å². The van der Waals surface area contributed by atoms with Crippen LogP contribution >= 0.6 is 0 Å². The van der Waals surface area contributed by atoms with Gasteiger partial charge in [0.25, 0.3) is 0 Å². The van der Waals surface area contributed by atoms with Crippen LogP contribution in [0.4, 0.5) is 0 Å². The van der Waals surface area contributed by atoms with E-state index in [1.807, 2.05) is 97.6 Å². The molecule has 0 aliphatic carbocycles. The first kappa shape index (κ1) is 65.0. The molecule has 0 amide bonds. The van der Waals surface area contributed by atoms with Gasteiger partial charge in [-0.3, -0.25) is 29.9 Å². The first-order chi connectivity index (χ1) is 55.6. The minimum Gasteiger partial charge on any atom is -0.309 e. The zero-order valence-electron chi connectivity index (χ0n) is 60.4. The third-order valence-electron chi connectivity index (χ3n) is 21.5. The number of fused-ring (bicyclic) bond motifs is 12. The molecule has 0 saturated heterocycles. The molecule has 112 heavy (non-hydrogen) atoms. The fraction of sp³-hybridized carbons (Fsp3) is 0. The number of pyridine rings is 7. The highest BCUT2D eigenvalue weighted by atomic mass is 15.0. The average Bonchev–Trinajstić information content (AvgIpc) is 1.58. The Kier molecular flexibility index (Phi) is 15.9. The Morgan fingerprint density at radius 3 is 0.964 bits per heavy atom. The summed E-state index contributed by atoms with van der Waals surface area (Å²) in [6.45, 7) is 0. The fourth-order valence-corrected chi connectivity index (χ4v) is 16.6. The minimum absolute atomic E-state index is 0.801. The summed E-state index contributed by atoms with van der Waals surface area (Å²) in [5, 5.41) is 7.11. The third-order valence-corrected chi connectivity index (χ3v) is 21.5. The summed E-state index contributed by atoms with van der Waals surface area (Å²) in [5.41, 5.74) is 31.7. The van der Waals surface area contributed by atoms with Gasteiger partial charge < -0.3 is 18.3 Å². The van der Waals surface area contributed by atoms with E-state index in [1.165, 1.54) is 32.7 Å². The molecule has 22 rings (SSSR count). The molecule has 11 aromatic heterocycles. The van der Waals surface area contributed by atoms with Gasteiger partial charge in [-0.2, -0.15) is 0 Å². The topological polar surface area (TPSA) is 110 Å². The molecule has 0 aliphatic rings. The van der Waals surface area contributed by atoms with E-state index >= 15 is 0 Å². The number of hydrogen-bond donors (Lipinski definition) is 0. The van der Waals surface area contributed by atoms with Crippen molar-refractivity contribution in [2.24, 2.45) is 0 Å². The summed E-state index contributed by atoms with van der Waals surface area (Å²) in [6.07, 6.45) is 11.1. The largest absolute Gasteiger partial charge is 0.309 e. The highest BCUT2D eigenvalue weighted by Gasteiger charge is 2.23. The van der Waals surface area contributed by atoms with E-state index in [0.29, 0.717) is 0 Å². The molecule has 11 nitrogen and oxygen atoms in total. The molecular formula is C101H65N11. The van der Waals surface area contributed by atoms with Crippen LogP contribution < -0.4 is 0 Å². The van der Waals surface area contributed by atoms with Crippen molar-refractivity contribution in [1.82, 2.24) is 53.2 Å². The third kappa shape index (κ3) is 11.3. The van der Waals surface area contributed by atoms with Gasteiger partial charge in [-0.05, 0) is 245 Å². The molecule has 11 heterocycles. The Morgan fingerprint density at radius 1 is 0.170 bits per heavy atom. The van der Waals surface area contributed by atoms with Crippen molar-refractivity contribution in [1.29, 1.82) is 0 Å². The predicted molar refractivity (Wildman–Crippen MR) is 458 cm³/mol. The van der Waals surface area contributed by atoms with Crippen molar-refractivity contribution in [3.05, 3.63) is 395 Å². The molecule has 0 radical (unpaired) electrons. The lowest BCUT2D eigenvalue weighted by atomic mass is 9.96. The number of rotatable bonds is 12. The second-order valence-corrected chi connectivity index (χ2v) is 28.0. The van der Waals surface area contributed by atoms with Crippen LogP contribution in [0.5, 0.6) is 0 Å². The molecule has 0 unspecified atom stereocenters. The van der Waals surface area contributed by atoms with Crippen LogP contribution in [-0.2, 0) is 0 Å². The summed E-state index contributed by atoms with van der Waals surface area (Å²) in [5.74, 6) is 0. The van der Waals surface area contributed by atoms with E-state index in [0.717, 1.165) is 167 Å². The molecule has 11 heteroatoms. The van der Waals surface area contributed by atoms with E-state index in [4.69, 9.17) is 24.9 Å². The Morgan fingerprint density at radius 2 is 0.518 bits per heavy atom. The van der Waals surface area contributed by atoms with Crippen LogP contribution in [0.2, 0.25) is 0 Å². The van der Waals surface area contributed by atoms with E-state index in [2.05, 4.69) is 313 Å². The molecule has 524 valence electrons. The Hall–Kier alpha value is -15.3. The highest BCUT2D eigenvalue weighted by Crippen LogP contribution is 2.45. The summed E-state index contributed by atoms with van der Waals surface area (Å²) >= 11 is 0. The maximum atomic E-state index is 5.01. The standard InChI is InChI=1S/C51H33N5.C50H32N6/c1-2-14-39(15-3-1)55-47-25-24-35(33-43(47)51-49(55)23-12-28-54-51)41-18-11-22-48-50(41)42-17-4-5-21-46(42)56(48)40-16-10-13-34(32-40)36-29-37(44-19-6-8-26-52-44)31-38(30-36)45-20-7-9-27-53-45;1-2-14-36(15-3-1)55-46-25-24-34(30-40(46)50-48(55)23-12-28-53-50)38-18-11-22-47-49(38)39-17-4-5-21-45(39)56(47)37-16-10-13-33(29-37)35-31-43(41-19-6-8-26-51-41)54-44(32-35)42-20-7-9-27-52-42/h1-33H;1-32H. The Labute approximate surface area is 644 Å². The maximum Gasteiger partial charge on any atom is 0.0963 e. The molecule has 11 aromatic carbocycles. The Balaban J connectivity index is 0.000000141. The number of aromatic nitrogens is 11. The second-order valence-electron chi connectivity index (χ2n) is 28.0. The first-order valence-electron chi connectivity index (χ1n) is 37.6. The van der Waals surface area contributed by atoms with E-state index in [-0.39, 0.29) is 0 Å². The molecule has 22 aromatic rings. The number of para-hydroxylation sites is 4. The smallest absolute Gasteiger partial charge is 0.0963 e. The zero-order valence-corrected chi connectivity index (χ0v) is 60.4. The van der Waals surface area contributed by atoms with Crippen LogP contribution in [0.25, 0.3) is 200 Å². The van der Waals surface area contributed by atoms with Crippen molar-refractivity contribution in [3.63, 3.8) is 0 Å². The normalized spacial score (nSPS) is 11.6. The lowest BCUT2D eigenvalue weighted by molar-refractivity contribution is 1.17. The van der Waals surface area contributed by atoms with Crippen LogP contribution in [0.1, 0.15) is 0 Å². The molecular weight excluding hydrogens is 1370 g/mol. The highest BCUT2D eigenvalue weighted by molar-refractivity contribution is 6.19. The van der Waals surface area contributed by atoms with Crippen LogP contribution in [0.15, 0.2) is 395 Å². The molecule has 0 spiro atoms. The molecule has 0 atom stereocenters. The number of benzene rings is 11. The van der Waals surface area contributed by atoms with Crippen LogP contribution in [0, 0.1) is 0 Å². The lowest BCUT2D eigenvalue weighted by Gasteiger charge is -2.13. The van der Waals surface area contributed by atoms with Crippen molar-refractivity contribution in [3.8, 4) is 113 Å². The molecule has 0 bridgehead atoms. The van der Waals surface area contributed by atoms with Gasteiger partial charge in [0, 0.05) is 103 Å². The predicted octanol–water partition coefficient (Wildman–Crippen LogP) is 24.9. The second kappa shape index (κ2) is 27.5. The monoisotopic (exact) mass is 1430 g/mol. The van der Waals surface area contributed by atoms with Crippen molar-refractivity contribution in [2.75, 3.05) is 0 Å². The van der Waals surface area contributed by atoms with Gasteiger partial charge in [-0.1, -0.05) is 158 Å². The van der Waals surface area contributed by atoms with Gasteiger partial charge in [0.15, 0.2) is 0 Å². The van der Waals surface area contributed by atoms with Gasteiger partial charge >= 0.3 is 0 Å². The average molecular weight is 1430 g/mol. The summed E-state index contributed by atoms with van der Waals surface area (Å²) in [7, 11) is 0. The summed E-state index contributed by atoms with van der Waals surface area (Å²) in [4.78, 5) is 33.4. The van der Waals surface area contributed by atoms with Crippen LogP contribution in [-0.4, -0.2) is 53.2 Å². The molecule has 0 saturated carbocycles. The van der Waals surface area contributed by atoms with Crippen molar-refractivity contribution < 1.29 is 0 Å². The number of nitrogens with zero attached hydrogens (tertiary/aromatic N) is 11. The molecule has 0 aliphatic heterocycles. The van der Waals surface area contributed by atoms with Gasteiger partial charge in [0.1, 0.15) is 0 Å². The lowest BCUT2D eigenvalue weighted by Crippen LogP contribution is -1.96. The Bertz CT molecular complexity index is 6800. The van der Waals surface area contributed by atoms with Gasteiger partial charge in [0.05, 0.1) is 89.3 Å². The van der Waals surface area contributed by atoms with Gasteiger partial charge in [-0.15, -0.1) is 0 Å². The molecule has 0 N–H and O–H groups in total. The minimum atomic E-state index is 0.801. The SMILES string of the molecule is c1ccc(-n2c3ccc(-c4cccc5c4c4ccccc4n5-c4cccc(-c5cc(-c6ccccn6)cc(-c6ccccn6)c5)c4)cc3c3ncccc32)cc1.c1ccc(-n2c3ccc(-c4cccc5c4c4ccccc4n5-c4cccc(-c5cc(-c6ccccn6)nc(-c6ccccn6)c5)c4)cc3c3ncccc32)cc1. The van der Waals surface area contributed by atoms with E-state index < -0.39 is 0 Å². The zero-order chi connectivity index (χ0) is 74.0. The van der Waals surface area contributed by atoms with Crippen molar-refractivity contribution in [2.45, 2.75) is 0 Å². The first-order valence-corrected chi connectivity index (χ1v) is 37.6. The summed E-state index contributed by atoms with van der Waals surface area (Å²) in [6, 6.07) is 126. The summed E-state index contributed by atoms with van der Waals surface area (Å²) < 4.78 is 9.41. The molecule has 0 fully saturated rings. The van der Waals surface area contributed by atoms with E-state index in [1.54, 1.807) is 12.4 Å². The van der Waals surface area contributed by atoms with E-state index in [9.17, 15) is 0 Å². The number of hydrogen-bond acceptors (Lipinski definition) is 7. The van der Waals surface area contributed by atoms with Crippen molar-refractivity contribution >= 4 is 87.5 Å². The fourth-order valence-electron chi connectivity index (χ4n) is 16.6.